The molecule has 0 radical (unpaired) electrons. The molecule has 0 bridgehead atoms. The maximum absolute atomic E-state index is 14.3. The normalized spacial score (nSPS) is 10.6. The molecule has 0 saturated carbocycles. The molecule has 1 N–H and O–H groups in total. The Balaban J connectivity index is 1.88. The highest BCUT2D eigenvalue weighted by Gasteiger charge is 2.17. The van der Waals surface area contributed by atoms with Crippen molar-refractivity contribution >= 4 is 11.6 Å². The Hall–Kier alpha value is -3.15. The first-order valence-corrected chi connectivity index (χ1v) is 7.74. The standard InChI is InChI=1S/C19H18FN3O2/c1-12-5-4-6-13(9-12)21-19(24)17-11-18(23(2)22-17)15-8-7-14(25-3)10-16(15)20/h4-11H,1-3H3,(H,21,24). The Bertz CT molecular complexity index is 934. The molecule has 128 valence electrons. The van der Waals surface area contributed by atoms with Crippen LogP contribution in [0.25, 0.3) is 11.3 Å². The third-order valence-electron chi connectivity index (χ3n) is 3.84. The van der Waals surface area contributed by atoms with Crippen molar-refractivity contribution in [2.24, 2.45) is 7.05 Å². The first-order chi connectivity index (χ1) is 12.0. The van der Waals surface area contributed by atoms with E-state index in [4.69, 9.17) is 4.74 Å². The third kappa shape index (κ3) is 3.52. The van der Waals surface area contributed by atoms with E-state index < -0.39 is 5.82 Å². The Morgan fingerprint density at radius 3 is 2.68 bits per heavy atom. The molecule has 25 heavy (non-hydrogen) atoms. The van der Waals surface area contributed by atoms with E-state index >= 15 is 0 Å². The number of hydrogen-bond acceptors (Lipinski definition) is 3. The molecular weight excluding hydrogens is 321 g/mol. The summed E-state index contributed by atoms with van der Waals surface area (Å²) in [5.41, 5.74) is 2.81. The van der Waals surface area contributed by atoms with Crippen molar-refractivity contribution < 1.29 is 13.9 Å². The third-order valence-corrected chi connectivity index (χ3v) is 3.84. The molecule has 0 atom stereocenters. The lowest BCUT2D eigenvalue weighted by Gasteiger charge is -2.05. The largest absolute Gasteiger partial charge is 0.497 e. The molecule has 0 spiro atoms. The lowest BCUT2D eigenvalue weighted by molar-refractivity contribution is 0.102. The molecule has 0 aliphatic rings. The number of aryl methyl sites for hydroxylation is 2. The minimum Gasteiger partial charge on any atom is -0.497 e. The van der Waals surface area contributed by atoms with Gasteiger partial charge in [-0.05, 0) is 42.8 Å². The number of nitrogens with zero attached hydrogens (tertiary/aromatic N) is 2. The van der Waals surface area contributed by atoms with E-state index in [1.807, 2.05) is 25.1 Å². The van der Waals surface area contributed by atoms with E-state index in [2.05, 4.69) is 10.4 Å². The van der Waals surface area contributed by atoms with Gasteiger partial charge in [-0.1, -0.05) is 12.1 Å². The summed E-state index contributed by atoms with van der Waals surface area (Å²) >= 11 is 0. The van der Waals surface area contributed by atoms with Gasteiger partial charge in [0.25, 0.3) is 5.91 Å². The predicted octanol–water partition coefficient (Wildman–Crippen LogP) is 3.80. The number of hydrogen-bond donors (Lipinski definition) is 1. The van der Waals surface area contributed by atoms with Gasteiger partial charge < -0.3 is 10.1 Å². The van der Waals surface area contributed by atoms with Crippen LogP contribution in [0.5, 0.6) is 5.75 Å². The molecule has 3 rings (SSSR count). The summed E-state index contributed by atoms with van der Waals surface area (Å²) in [4.78, 5) is 12.4. The number of ether oxygens (including phenoxy) is 1. The van der Waals surface area contributed by atoms with Gasteiger partial charge in [-0.25, -0.2) is 4.39 Å². The summed E-state index contributed by atoms with van der Waals surface area (Å²) in [5, 5.41) is 6.99. The van der Waals surface area contributed by atoms with Crippen LogP contribution in [0.1, 0.15) is 16.1 Å². The van der Waals surface area contributed by atoms with Crippen molar-refractivity contribution in [1.29, 1.82) is 0 Å². The van der Waals surface area contributed by atoms with Crippen LogP contribution < -0.4 is 10.1 Å². The van der Waals surface area contributed by atoms with Gasteiger partial charge in [0.15, 0.2) is 5.69 Å². The lowest BCUT2D eigenvalue weighted by Crippen LogP contribution is -2.13. The van der Waals surface area contributed by atoms with Crippen LogP contribution in [0.2, 0.25) is 0 Å². The van der Waals surface area contributed by atoms with Gasteiger partial charge in [-0.2, -0.15) is 5.10 Å². The average Bonchev–Trinajstić information content (AvgIpc) is 2.96. The van der Waals surface area contributed by atoms with Crippen molar-refractivity contribution in [2.45, 2.75) is 6.92 Å². The zero-order valence-corrected chi connectivity index (χ0v) is 14.2. The summed E-state index contributed by atoms with van der Waals surface area (Å²) in [6, 6.07) is 13.6. The topological polar surface area (TPSA) is 56.1 Å². The maximum atomic E-state index is 14.3. The van der Waals surface area contributed by atoms with E-state index in [1.54, 1.807) is 31.3 Å². The minimum absolute atomic E-state index is 0.217. The number of anilines is 1. The Kier molecular flexibility index (Phi) is 4.52. The number of benzene rings is 2. The molecule has 1 heterocycles. The van der Waals surface area contributed by atoms with Crippen molar-refractivity contribution in [1.82, 2.24) is 9.78 Å². The van der Waals surface area contributed by atoms with Crippen molar-refractivity contribution in [3.8, 4) is 17.0 Å². The minimum atomic E-state index is -0.437. The molecule has 0 saturated heterocycles. The first kappa shape index (κ1) is 16.7. The molecule has 1 aromatic heterocycles. The highest BCUT2D eigenvalue weighted by Crippen LogP contribution is 2.26. The molecule has 0 aliphatic heterocycles. The molecule has 0 unspecified atom stereocenters. The highest BCUT2D eigenvalue weighted by atomic mass is 19.1. The monoisotopic (exact) mass is 339 g/mol. The van der Waals surface area contributed by atoms with Crippen molar-refractivity contribution in [3.05, 3.63) is 65.6 Å². The van der Waals surface area contributed by atoms with E-state index in [1.165, 1.54) is 17.9 Å². The fraction of sp³-hybridized carbons (Fsp3) is 0.158. The van der Waals surface area contributed by atoms with Crippen LogP contribution in [0, 0.1) is 12.7 Å². The van der Waals surface area contributed by atoms with Crippen LogP contribution in [-0.2, 0) is 7.05 Å². The second-order valence-corrected chi connectivity index (χ2v) is 5.71. The number of carbonyl (C=O) groups excluding carboxylic acids is 1. The quantitative estimate of drug-likeness (QED) is 0.787. The fourth-order valence-electron chi connectivity index (χ4n) is 2.58. The summed E-state index contributed by atoms with van der Waals surface area (Å²) in [7, 11) is 3.15. The molecule has 0 aliphatic carbocycles. The number of nitrogens with one attached hydrogen (secondary N) is 1. The first-order valence-electron chi connectivity index (χ1n) is 7.74. The van der Waals surface area contributed by atoms with Gasteiger partial charge >= 0.3 is 0 Å². The van der Waals surface area contributed by atoms with Crippen LogP contribution in [0.3, 0.4) is 0 Å². The second kappa shape index (κ2) is 6.76. The second-order valence-electron chi connectivity index (χ2n) is 5.71. The number of amides is 1. The summed E-state index contributed by atoms with van der Waals surface area (Å²) < 4.78 is 20.8. The Morgan fingerprint density at radius 2 is 2.00 bits per heavy atom. The molecule has 2 aromatic carbocycles. The van der Waals surface area contributed by atoms with E-state index in [0.717, 1.165) is 5.56 Å². The number of methoxy groups -OCH3 is 1. The molecular formula is C19H18FN3O2. The SMILES string of the molecule is COc1ccc(-c2cc(C(=O)Nc3cccc(C)c3)nn2C)c(F)c1. The van der Waals surface area contributed by atoms with Gasteiger partial charge in [0.05, 0.1) is 12.8 Å². The van der Waals surface area contributed by atoms with Gasteiger partial charge in [-0.15, -0.1) is 0 Å². The maximum Gasteiger partial charge on any atom is 0.276 e. The summed E-state index contributed by atoms with van der Waals surface area (Å²) in [5.74, 6) is -0.352. The van der Waals surface area contributed by atoms with Crippen LogP contribution in [0.4, 0.5) is 10.1 Å². The lowest BCUT2D eigenvalue weighted by atomic mass is 10.1. The smallest absolute Gasteiger partial charge is 0.276 e. The highest BCUT2D eigenvalue weighted by molar-refractivity contribution is 6.03. The number of rotatable bonds is 4. The van der Waals surface area contributed by atoms with E-state index in [9.17, 15) is 9.18 Å². The number of aromatic nitrogens is 2. The van der Waals surface area contributed by atoms with Crippen LogP contribution in [0.15, 0.2) is 48.5 Å². The summed E-state index contributed by atoms with van der Waals surface area (Å²) in [6.45, 7) is 1.95. The van der Waals surface area contributed by atoms with Gasteiger partial charge in [0.1, 0.15) is 11.6 Å². The fourth-order valence-corrected chi connectivity index (χ4v) is 2.58. The zero-order valence-electron chi connectivity index (χ0n) is 14.2. The molecule has 1 amide bonds. The average molecular weight is 339 g/mol. The summed E-state index contributed by atoms with van der Waals surface area (Å²) in [6.07, 6.45) is 0. The molecule has 3 aromatic rings. The van der Waals surface area contributed by atoms with Gasteiger partial charge in [0.2, 0.25) is 0 Å². The molecule has 6 heteroatoms. The number of halogens is 1. The van der Waals surface area contributed by atoms with Gasteiger partial charge in [0, 0.05) is 24.4 Å². The molecule has 0 fully saturated rings. The van der Waals surface area contributed by atoms with E-state index in [-0.39, 0.29) is 11.6 Å². The predicted molar refractivity (Wildman–Crippen MR) is 94.3 cm³/mol. The Morgan fingerprint density at radius 1 is 1.20 bits per heavy atom. The van der Waals surface area contributed by atoms with Crippen LogP contribution >= 0.6 is 0 Å². The Labute approximate surface area is 145 Å². The zero-order chi connectivity index (χ0) is 18.0. The van der Waals surface area contributed by atoms with Crippen molar-refractivity contribution in [2.75, 3.05) is 12.4 Å². The number of carbonyl (C=O) groups is 1. The van der Waals surface area contributed by atoms with E-state index in [0.29, 0.717) is 22.7 Å². The van der Waals surface area contributed by atoms with Gasteiger partial charge in [-0.3, -0.25) is 9.48 Å². The van der Waals surface area contributed by atoms with Crippen LogP contribution in [-0.4, -0.2) is 22.8 Å². The molecule has 5 nitrogen and oxygen atoms in total. The van der Waals surface area contributed by atoms with Crippen molar-refractivity contribution in [3.63, 3.8) is 0 Å².